The van der Waals surface area contributed by atoms with Crippen molar-refractivity contribution >= 4 is 29.2 Å². The summed E-state index contributed by atoms with van der Waals surface area (Å²) >= 11 is 12.4. The van der Waals surface area contributed by atoms with Gasteiger partial charge < -0.3 is 9.47 Å². The molecule has 0 aliphatic rings. The van der Waals surface area contributed by atoms with Crippen LogP contribution in [0.2, 0.25) is 10.0 Å². The summed E-state index contributed by atoms with van der Waals surface area (Å²) in [5.41, 5.74) is 1.73. The van der Waals surface area contributed by atoms with Crippen molar-refractivity contribution in [2.45, 2.75) is 46.3 Å². The smallest absolute Gasteiger partial charge is 0.306 e. The van der Waals surface area contributed by atoms with Crippen LogP contribution in [0.1, 0.15) is 38.4 Å². The average Bonchev–Trinajstić information content (AvgIpc) is 2.91. The summed E-state index contributed by atoms with van der Waals surface area (Å²) in [4.78, 5) is 11.6. The molecule has 1 aromatic heterocycles. The summed E-state index contributed by atoms with van der Waals surface area (Å²) < 4.78 is 12.5. The number of halogens is 2. The van der Waals surface area contributed by atoms with Crippen LogP contribution in [-0.4, -0.2) is 28.5 Å². The van der Waals surface area contributed by atoms with Crippen molar-refractivity contribution in [2.24, 2.45) is 0 Å². The molecule has 0 aliphatic heterocycles. The van der Waals surface area contributed by atoms with Crippen molar-refractivity contribution < 1.29 is 14.3 Å². The maximum Gasteiger partial charge on any atom is 0.306 e. The molecule has 0 unspecified atom stereocenters. The molecule has 0 aliphatic carbocycles. The third-order valence-corrected chi connectivity index (χ3v) is 4.30. The van der Waals surface area contributed by atoms with Crippen LogP contribution in [0.15, 0.2) is 24.3 Å². The van der Waals surface area contributed by atoms with E-state index < -0.39 is 0 Å². The number of aryl methyl sites for hydroxylation is 1. The van der Waals surface area contributed by atoms with Crippen LogP contribution in [-0.2, 0) is 22.5 Å². The number of carbonyl (C=O) groups is 1. The third-order valence-electron chi connectivity index (χ3n) is 3.44. The van der Waals surface area contributed by atoms with Gasteiger partial charge in [-0.3, -0.25) is 9.48 Å². The van der Waals surface area contributed by atoms with E-state index >= 15 is 0 Å². The molecule has 25 heavy (non-hydrogen) atoms. The Labute approximate surface area is 157 Å². The summed E-state index contributed by atoms with van der Waals surface area (Å²) in [6.45, 7) is 6.48. The highest BCUT2D eigenvalue weighted by Crippen LogP contribution is 2.27. The predicted octanol–water partition coefficient (Wildman–Crippen LogP) is 4.52. The van der Waals surface area contributed by atoms with Crippen molar-refractivity contribution in [3.8, 4) is 5.88 Å². The molecule has 2 rings (SSSR count). The Balaban J connectivity index is 2.22. The van der Waals surface area contributed by atoms with E-state index in [9.17, 15) is 4.79 Å². The second kappa shape index (κ2) is 9.11. The monoisotopic (exact) mass is 384 g/mol. The van der Waals surface area contributed by atoms with Crippen LogP contribution >= 0.6 is 23.2 Å². The summed E-state index contributed by atoms with van der Waals surface area (Å²) in [6, 6.07) is 7.33. The minimum absolute atomic E-state index is 0.0102. The molecule has 0 bridgehead atoms. The van der Waals surface area contributed by atoms with Crippen LogP contribution in [0, 0.1) is 0 Å². The number of rotatable bonds is 8. The molecule has 5 nitrogen and oxygen atoms in total. The number of aromatic nitrogens is 2. The second-order valence-corrected chi connectivity index (χ2v) is 6.60. The van der Waals surface area contributed by atoms with Crippen molar-refractivity contribution in [1.82, 2.24) is 9.78 Å². The third kappa shape index (κ3) is 5.65. The Bertz CT molecular complexity index is 729. The molecule has 0 saturated heterocycles. The van der Waals surface area contributed by atoms with Gasteiger partial charge in [-0.1, -0.05) is 35.3 Å². The van der Waals surface area contributed by atoms with E-state index in [1.807, 2.05) is 32.0 Å². The van der Waals surface area contributed by atoms with Crippen molar-refractivity contribution in [3.05, 3.63) is 45.6 Å². The first-order chi connectivity index (χ1) is 11.9. The Morgan fingerprint density at radius 1 is 1.32 bits per heavy atom. The fraction of sp³-hybridized carbons (Fsp3) is 0.444. The van der Waals surface area contributed by atoms with Crippen LogP contribution in [0.5, 0.6) is 5.88 Å². The highest BCUT2D eigenvalue weighted by atomic mass is 35.5. The molecule has 0 spiro atoms. The van der Waals surface area contributed by atoms with Crippen molar-refractivity contribution in [3.63, 3.8) is 0 Å². The molecule has 0 N–H and O–H groups in total. The van der Waals surface area contributed by atoms with Crippen LogP contribution in [0.4, 0.5) is 0 Å². The Hall–Kier alpha value is -1.72. The first kappa shape index (κ1) is 19.6. The standard InChI is InChI=1S/C18H22Cl2N2O3/c1-4-24-17(23)9-8-14-10-16(25-12(2)3)21-22(14)11-13-6-5-7-15(19)18(13)20/h5-7,10,12H,4,8-9,11H2,1-3H3. The molecule has 0 saturated carbocycles. The van der Waals surface area contributed by atoms with Gasteiger partial charge in [-0.25, -0.2) is 0 Å². The lowest BCUT2D eigenvalue weighted by atomic mass is 10.2. The van der Waals surface area contributed by atoms with Crippen molar-refractivity contribution in [2.75, 3.05) is 6.61 Å². The lowest BCUT2D eigenvalue weighted by molar-refractivity contribution is -0.143. The van der Waals surface area contributed by atoms with Gasteiger partial charge in [0.15, 0.2) is 0 Å². The van der Waals surface area contributed by atoms with Gasteiger partial charge in [0.25, 0.3) is 0 Å². The van der Waals surface area contributed by atoms with Crippen molar-refractivity contribution in [1.29, 1.82) is 0 Å². The lowest BCUT2D eigenvalue weighted by Gasteiger charge is -2.10. The van der Waals surface area contributed by atoms with Gasteiger partial charge in [0.05, 0.1) is 35.7 Å². The number of esters is 1. The molecule has 0 amide bonds. The van der Waals surface area contributed by atoms with Gasteiger partial charge in [0.1, 0.15) is 0 Å². The molecular formula is C18H22Cl2N2O3. The van der Waals surface area contributed by atoms with E-state index in [0.717, 1.165) is 11.3 Å². The number of benzene rings is 1. The fourth-order valence-electron chi connectivity index (χ4n) is 2.36. The Morgan fingerprint density at radius 3 is 2.76 bits per heavy atom. The summed E-state index contributed by atoms with van der Waals surface area (Å²) in [5.74, 6) is 0.286. The zero-order valence-electron chi connectivity index (χ0n) is 14.6. The van der Waals surface area contributed by atoms with E-state index in [2.05, 4.69) is 5.10 Å². The van der Waals surface area contributed by atoms with E-state index in [0.29, 0.717) is 35.5 Å². The molecule has 0 fully saturated rings. The zero-order chi connectivity index (χ0) is 18.4. The maximum atomic E-state index is 11.6. The molecule has 0 atom stereocenters. The zero-order valence-corrected chi connectivity index (χ0v) is 16.1. The minimum Gasteiger partial charge on any atom is -0.474 e. The minimum atomic E-state index is -0.234. The van der Waals surface area contributed by atoms with Gasteiger partial charge in [0.2, 0.25) is 5.88 Å². The molecule has 1 aromatic carbocycles. The fourth-order valence-corrected chi connectivity index (χ4v) is 2.74. The van der Waals surface area contributed by atoms with Gasteiger partial charge in [-0.15, -0.1) is 5.10 Å². The Morgan fingerprint density at radius 2 is 2.08 bits per heavy atom. The number of hydrogen-bond donors (Lipinski definition) is 0. The largest absolute Gasteiger partial charge is 0.474 e. The van der Waals surface area contributed by atoms with Crippen LogP contribution in [0.3, 0.4) is 0 Å². The van der Waals surface area contributed by atoms with Crippen LogP contribution in [0.25, 0.3) is 0 Å². The molecule has 0 radical (unpaired) electrons. The number of carbonyl (C=O) groups excluding carboxylic acids is 1. The normalized spacial score (nSPS) is 11.0. The van der Waals surface area contributed by atoms with Gasteiger partial charge >= 0.3 is 5.97 Å². The highest BCUT2D eigenvalue weighted by molar-refractivity contribution is 6.42. The van der Waals surface area contributed by atoms with Crippen LogP contribution < -0.4 is 4.74 Å². The first-order valence-electron chi connectivity index (χ1n) is 8.22. The lowest BCUT2D eigenvalue weighted by Crippen LogP contribution is -2.11. The molecular weight excluding hydrogens is 363 g/mol. The Kier molecular flexibility index (Phi) is 7.14. The second-order valence-electron chi connectivity index (χ2n) is 5.82. The average molecular weight is 385 g/mol. The number of hydrogen-bond acceptors (Lipinski definition) is 4. The van der Waals surface area contributed by atoms with E-state index in [1.165, 1.54) is 0 Å². The van der Waals surface area contributed by atoms with Gasteiger partial charge in [-0.2, -0.15) is 0 Å². The van der Waals surface area contributed by atoms with E-state index in [-0.39, 0.29) is 18.5 Å². The highest BCUT2D eigenvalue weighted by Gasteiger charge is 2.14. The van der Waals surface area contributed by atoms with E-state index in [4.69, 9.17) is 32.7 Å². The number of ether oxygens (including phenoxy) is 2. The maximum absolute atomic E-state index is 11.6. The topological polar surface area (TPSA) is 53.4 Å². The number of nitrogens with zero attached hydrogens (tertiary/aromatic N) is 2. The molecule has 1 heterocycles. The first-order valence-corrected chi connectivity index (χ1v) is 8.98. The molecule has 136 valence electrons. The molecule has 7 heteroatoms. The molecule has 2 aromatic rings. The SMILES string of the molecule is CCOC(=O)CCc1cc(OC(C)C)nn1Cc1cccc(Cl)c1Cl. The summed E-state index contributed by atoms with van der Waals surface area (Å²) in [6.07, 6.45) is 0.797. The summed E-state index contributed by atoms with van der Waals surface area (Å²) in [7, 11) is 0. The van der Waals surface area contributed by atoms with Gasteiger partial charge in [-0.05, 0) is 38.8 Å². The predicted molar refractivity (Wildman–Crippen MR) is 98.5 cm³/mol. The van der Waals surface area contributed by atoms with Gasteiger partial charge in [0, 0.05) is 11.8 Å². The van der Waals surface area contributed by atoms with E-state index in [1.54, 1.807) is 17.7 Å². The quantitative estimate of drug-likeness (QED) is 0.627. The summed E-state index contributed by atoms with van der Waals surface area (Å²) in [5, 5.41) is 5.48.